The molecule has 7 heteroatoms. The van der Waals surface area contributed by atoms with Crippen molar-refractivity contribution in [1.29, 1.82) is 0 Å². The van der Waals surface area contributed by atoms with E-state index < -0.39 is 40.4 Å². The Kier molecular flexibility index (Phi) is 4.75. The van der Waals surface area contributed by atoms with E-state index in [2.05, 4.69) is 15.9 Å². The van der Waals surface area contributed by atoms with Crippen molar-refractivity contribution in [3.8, 4) is 0 Å². The molecule has 0 aliphatic carbocycles. The molecule has 0 aromatic heterocycles. The SMILES string of the molecule is O=C(/C=C/c1c(F)c(F)c(F)c(F)c1F)c1cccc(Br)c1. The Morgan fingerprint density at radius 2 is 1.45 bits per heavy atom. The van der Waals surface area contributed by atoms with Gasteiger partial charge in [-0.25, -0.2) is 22.0 Å². The number of carbonyl (C=O) groups excluding carboxylic acids is 1. The van der Waals surface area contributed by atoms with Gasteiger partial charge in [0.25, 0.3) is 0 Å². The predicted molar refractivity (Wildman–Crippen MR) is 73.7 cm³/mol. The summed E-state index contributed by atoms with van der Waals surface area (Å²) in [5.41, 5.74) is -0.978. The van der Waals surface area contributed by atoms with Crippen molar-refractivity contribution in [2.45, 2.75) is 0 Å². The van der Waals surface area contributed by atoms with Gasteiger partial charge in [-0.2, -0.15) is 0 Å². The maximum absolute atomic E-state index is 13.4. The van der Waals surface area contributed by atoms with Crippen LogP contribution in [-0.2, 0) is 0 Å². The van der Waals surface area contributed by atoms with E-state index in [1.54, 1.807) is 12.1 Å². The molecule has 0 heterocycles. The molecule has 0 saturated carbocycles. The molecular formula is C15H6BrF5O. The lowest BCUT2D eigenvalue weighted by Gasteiger charge is -2.04. The number of halogens is 6. The summed E-state index contributed by atoms with van der Waals surface area (Å²) in [7, 11) is 0. The zero-order valence-corrected chi connectivity index (χ0v) is 12.2. The molecule has 2 aromatic rings. The Balaban J connectivity index is 2.41. The van der Waals surface area contributed by atoms with Crippen LogP contribution in [0.3, 0.4) is 0 Å². The highest BCUT2D eigenvalue weighted by atomic mass is 79.9. The van der Waals surface area contributed by atoms with Gasteiger partial charge in [0.15, 0.2) is 29.1 Å². The molecule has 1 nitrogen and oxygen atoms in total. The number of hydrogen-bond donors (Lipinski definition) is 0. The van der Waals surface area contributed by atoms with Crippen molar-refractivity contribution in [2.24, 2.45) is 0 Å². The van der Waals surface area contributed by atoms with Crippen LogP contribution in [0.15, 0.2) is 34.8 Å². The summed E-state index contributed by atoms with van der Waals surface area (Å²) >= 11 is 3.14. The van der Waals surface area contributed by atoms with E-state index in [0.29, 0.717) is 10.5 Å². The van der Waals surface area contributed by atoms with Crippen LogP contribution in [0.2, 0.25) is 0 Å². The van der Waals surface area contributed by atoms with Crippen LogP contribution < -0.4 is 0 Å². The molecule has 2 rings (SSSR count). The number of benzene rings is 2. The molecule has 0 amide bonds. The lowest BCUT2D eigenvalue weighted by Crippen LogP contribution is -2.04. The molecule has 0 aliphatic rings. The van der Waals surface area contributed by atoms with E-state index in [1.807, 2.05) is 0 Å². The summed E-state index contributed by atoms with van der Waals surface area (Å²) in [5, 5.41) is 0. The Bertz CT molecular complexity index is 757. The molecule has 0 N–H and O–H groups in total. The van der Waals surface area contributed by atoms with Gasteiger partial charge in [0, 0.05) is 10.0 Å². The third kappa shape index (κ3) is 3.09. The molecule has 0 saturated heterocycles. The van der Waals surface area contributed by atoms with Gasteiger partial charge < -0.3 is 0 Å². The van der Waals surface area contributed by atoms with Crippen LogP contribution in [-0.4, -0.2) is 5.78 Å². The topological polar surface area (TPSA) is 17.1 Å². The third-order valence-electron chi connectivity index (χ3n) is 2.75. The minimum absolute atomic E-state index is 0.189. The minimum Gasteiger partial charge on any atom is -0.289 e. The van der Waals surface area contributed by atoms with Crippen LogP contribution >= 0.6 is 15.9 Å². The van der Waals surface area contributed by atoms with Gasteiger partial charge in [0.2, 0.25) is 5.82 Å². The Morgan fingerprint density at radius 1 is 0.909 bits per heavy atom. The van der Waals surface area contributed by atoms with Gasteiger partial charge in [-0.15, -0.1) is 0 Å². The van der Waals surface area contributed by atoms with E-state index in [4.69, 9.17) is 0 Å². The number of ketones is 1. The van der Waals surface area contributed by atoms with Crippen LogP contribution in [0.5, 0.6) is 0 Å². The average Bonchev–Trinajstić information content (AvgIpc) is 2.50. The highest BCUT2D eigenvalue weighted by Crippen LogP contribution is 2.24. The first-order valence-corrected chi connectivity index (χ1v) is 6.61. The normalized spacial score (nSPS) is 11.2. The summed E-state index contributed by atoms with van der Waals surface area (Å²) in [6, 6.07) is 6.11. The second-order valence-electron chi connectivity index (χ2n) is 4.19. The first-order chi connectivity index (χ1) is 10.3. The number of rotatable bonds is 3. The standard InChI is InChI=1S/C15H6BrF5O/c16-8-3-1-2-7(6-8)10(22)5-4-9-11(17)13(19)15(21)14(20)12(9)18/h1-6H/b5-4+. The summed E-state index contributed by atoms with van der Waals surface area (Å²) < 4.78 is 66.4. The van der Waals surface area contributed by atoms with Crippen molar-refractivity contribution in [3.63, 3.8) is 0 Å². The van der Waals surface area contributed by atoms with Gasteiger partial charge >= 0.3 is 0 Å². The quantitative estimate of drug-likeness (QED) is 0.241. The number of carbonyl (C=O) groups is 1. The minimum atomic E-state index is -2.24. The first-order valence-electron chi connectivity index (χ1n) is 5.82. The van der Waals surface area contributed by atoms with Gasteiger partial charge in [-0.3, -0.25) is 4.79 Å². The highest BCUT2D eigenvalue weighted by Gasteiger charge is 2.24. The Morgan fingerprint density at radius 3 is 2.00 bits per heavy atom. The highest BCUT2D eigenvalue weighted by molar-refractivity contribution is 9.10. The molecule has 114 valence electrons. The Hall–Kier alpha value is -2.02. The fourth-order valence-electron chi connectivity index (χ4n) is 1.67. The average molecular weight is 377 g/mol. The molecule has 0 fully saturated rings. The second kappa shape index (κ2) is 6.39. The molecule has 0 bridgehead atoms. The monoisotopic (exact) mass is 376 g/mol. The fraction of sp³-hybridized carbons (Fsp3) is 0. The van der Waals surface area contributed by atoms with E-state index in [-0.39, 0.29) is 5.56 Å². The van der Waals surface area contributed by atoms with Crippen LogP contribution in [0.25, 0.3) is 6.08 Å². The fourth-order valence-corrected chi connectivity index (χ4v) is 2.06. The van der Waals surface area contributed by atoms with Gasteiger partial charge in [0.1, 0.15) is 0 Å². The maximum Gasteiger partial charge on any atom is 0.200 e. The second-order valence-corrected chi connectivity index (χ2v) is 5.11. The van der Waals surface area contributed by atoms with Crippen LogP contribution in [0.4, 0.5) is 22.0 Å². The van der Waals surface area contributed by atoms with Crippen molar-refractivity contribution in [3.05, 3.63) is 75.0 Å². The first kappa shape index (κ1) is 16.4. The van der Waals surface area contributed by atoms with E-state index in [1.165, 1.54) is 12.1 Å². The third-order valence-corrected chi connectivity index (χ3v) is 3.25. The Labute approximate surface area is 130 Å². The largest absolute Gasteiger partial charge is 0.289 e. The number of allylic oxidation sites excluding steroid dienone is 1. The van der Waals surface area contributed by atoms with Crippen LogP contribution in [0, 0.1) is 29.1 Å². The molecular weight excluding hydrogens is 371 g/mol. The van der Waals surface area contributed by atoms with Crippen molar-refractivity contribution < 1.29 is 26.7 Å². The van der Waals surface area contributed by atoms with Gasteiger partial charge in [-0.05, 0) is 24.3 Å². The lowest BCUT2D eigenvalue weighted by atomic mass is 10.1. The summed E-state index contributed by atoms with van der Waals surface area (Å²) in [4.78, 5) is 11.8. The molecule has 0 spiro atoms. The summed E-state index contributed by atoms with van der Waals surface area (Å²) in [5.74, 6) is -11.0. The van der Waals surface area contributed by atoms with E-state index in [9.17, 15) is 26.7 Å². The molecule has 0 aliphatic heterocycles. The maximum atomic E-state index is 13.4. The van der Waals surface area contributed by atoms with Gasteiger partial charge in [0.05, 0.1) is 5.56 Å². The molecule has 0 unspecified atom stereocenters. The lowest BCUT2D eigenvalue weighted by molar-refractivity contribution is 0.104. The van der Waals surface area contributed by atoms with Crippen molar-refractivity contribution in [1.82, 2.24) is 0 Å². The number of hydrogen-bond acceptors (Lipinski definition) is 1. The van der Waals surface area contributed by atoms with E-state index >= 15 is 0 Å². The molecule has 22 heavy (non-hydrogen) atoms. The zero-order chi connectivity index (χ0) is 16.4. The smallest absolute Gasteiger partial charge is 0.200 e. The molecule has 2 aromatic carbocycles. The zero-order valence-electron chi connectivity index (χ0n) is 10.6. The van der Waals surface area contributed by atoms with Crippen LogP contribution in [0.1, 0.15) is 15.9 Å². The molecule has 0 radical (unpaired) electrons. The van der Waals surface area contributed by atoms with Gasteiger partial charge in [-0.1, -0.05) is 28.1 Å². The van der Waals surface area contributed by atoms with Crippen molar-refractivity contribution >= 4 is 27.8 Å². The molecule has 0 atom stereocenters. The summed E-state index contributed by atoms with van der Waals surface area (Å²) in [6.07, 6.45) is 1.29. The predicted octanol–water partition coefficient (Wildman–Crippen LogP) is 5.04. The van der Waals surface area contributed by atoms with Crippen molar-refractivity contribution in [2.75, 3.05) is 0 Å². The van der Waals surface area contributed by atoms with E-state index in [0.717, 1.165) is 6.08 Å². The summed E-state index contributed by atoms with van der Waals surface area (Å²) in [6.45, 7) is 0.